The molecule has 0 saturated heterocycles. The predicted octanol–water partition coefficient (Wildman–Crippen LogP) is 1.78. The summed E-state index contributed by atoms with van der Waals surface area (Å²) >= 11 is 0. The van der Waals surface area contributed by atoms with Gasteiger partial charge in [0.1, 0.15) is 23.0 Å². The molecule has 1 unspecified atom stereocenters. The minimum Gasteiger partial charge on any atom is -0.482 e. The summed E-state index contributed by atoms with van der Waals surface area (Å²) in [5.41, 5.74) is -0.248. The molecule has 0 bridgehead atoms. The maximum absolute atomic E-state index is 13.5. The third-order valence-corrected chi connectivity index (χ3v) is 6.06. The maximum atomic E-state index is 13.5. The summed E-state index contributed by atoms with van der Waals surface area (Å²) in [6.45, 7) is 0.492. The monoisotopic (exact) mass is 539 g/mol. The molecule has 2 aliphatic heterocycles. The molecule has 0 aliphatic carbocycles. The molecular formula is C24H28F3N5O6. The molecule has 4 rings (SSSR count). The minimum absolute atomic E-state index is 0.00664. The van der Waals surface area contributed by atoms with Crippen LogP contribution in [0, 0.1) is 0 Å². The van der Waals surface area contributed by atoms with Crippen LogP contribution in [0.25, 0.3) is 0 Å². The van der Waals surface area contributed by atoms with Crippen LogP contribution < -0.4 is 30.9 Å². The van der Waals surface area contributed by atoms with Gasteiger partial charge >= 0.3 is 12.1 Å². The van der Waals surface area contributed by atoms with Crippen LogP contribution >= 0.6 is 0 Å². The van der Waals surface area contributed by atoms with Crippen molar-refractivity contribution in [3.05, 3.63) is 68.7 Å². The summed E-state index contributed by atoms with van der Waals surface area (Å²) in [4.78, 5) is 29.9. The molecule has 0 radical (unpaired) electrons. The molecule has 1 aromatic carbocycles. The van der Waals surface area contributed by atoms with Crippen molar-refractivity contribution >= 4 is 11.5 Å². The Balaban J connectivity index is 1.74. The van der Waals surface area contributed by atoms with E-state index in [9.17, 15) is 27.9 Å². The van der Waals surface area contributed by atoms with Gasteiger partial charge in [0, 0.05) is 52.5 Å². The number of aliphatic hydroxyl groups excluding tert-OH is 1. The second-order valence-electron chi connectivity index (χ2n) is 8.68. The smallest absolute Gasteiger partial charge is 0.482 e. The van der Waals surface area contributed by atoms with E-state index in [4.69, 9.17) is 9.47 Å². The van der Waals surface area contributed by atoms with Gasteiger partial charge in [0.25, 0.3) is 11.9 Å². The zero-order valence-electron chi connectivity index (χ0n) is 21.0. The van der Waals surface area contributed by atoms with Crippen LogP contribution in [0.15, 0.2) is 57.5 Å². The summed E-state index contributed by atoms with van der Waals surface area (Å²) in [6, 6.07) is 5.00. The Labute approximate surface area is 215 Å². The Morgan fingerprint density at radius 3 is 2.61 bits per heavy atom. The van der Waals surface area contributed by atoms with Gasteiger partial charge in [0.2, 0.25) is 0 Å². The number of aromatic nitrogens is 2. The zero-order chi connectivity index (χ0) is 27.6. The van der Waals surface area contributed by atoms with Crippen molar-refractivity contribution < 1.29 is 32.5 Å². The number of alkyl halides is 3. The Kier molecular flexibility index (Phi) is 7.62. The lowest BCUT2D eigenvalue weighted by Crippen LogP contribution is -2.45. The van der Waals surface area contributed by atoms with E-state index in [0.29, 0.717) is 12.4 Å². The quantitative estimate of drug-likeness (QED) is 0.493. The van der Waals surface area contributed by atoms with Gasteiger partial charge in [-0.15, -0.1) is 13.2 Å². The standard InChI is InChI=1S/C24H28F3N5O6/c1-29-10-8-15(12-18(29)36-3)14-32-19-20(30(2)23(35)31(21(19)34)9-5-11-33)28-22(32)37-16-6-4-7-17(13-16)38-24(25,26)27/h4,6-8,12-13,22,28,33H,5,9-11,14H2,1-3H3. The van der Waals surface area contributed by atoms with Gasteiger partial charge in [-0.3, -0.25) is 13.9 Å². The summed E-state index contributed by atoms with van der Waals surface area (Å²) < 4.78 is 55.9. The lowest BCUT2D eigenvalue weighted by Gasteiger charge is -2.29. The molecule has 3 heterocycles. The first kappa shape index (κ1) is 27.0. The van der Waals surface area contributed by atoms with Crippen LogP contribution in [-0.2, 0) is 18.3 Å². The largest absolute Gasteiger partial charge is 0.573 e. The van der Waals surface area contributed by atoms with Crippen LogP contribution in [0.3, 0.4) is 0 Å². The predicted molar refractivity (Wildman–Crippen MR) is 132 cm³/mol. The number of halogens is 3. The third-order valence-electron chi connectivity index (χ3n) is 6.06. The van der Waals surface area contributed by atoms with Crippen LogP contribution in [0.4, 0.5) is 24.7 Å². The number of nitrogens with one attached hydrogen (secondary N) is 1. The fourth-order valence-electron chi connectivity index (χ4n) is 4.24. The van der Waals surface area contributed by atoms with E-state index in [0.717, 1.165) is 22.3 Å². The van der Waals surface area contributed by atoms with Crippen molar-refractivity contribution in [2.24, 2.45) is 7.05 Å². The summed E-state index contributed by atoms with van der Waals surface area (Å²) in [5.74, 6) is 0.363. The SMILES string of the molecule is COC1=CC(CN2c3c(n(C)c(=O)n(CCCO)c3=O)NC2Oc2cccc(OC(F)(F)F)c2)=CCN1C. The van der Waals surface area contributed by atoms with Gasteiger partial charge < -0.3 is 34.4 Å². The van der Waals surface area contributed by atoms with Crippen LogP contribution in [-0.4, -0.2) is 65.7 Å². The fourth-order valence-corrected chi connectivity index (χ4v) is 4.24. The highest BCUT2D eigenvalue weighted by Gasteiger charge is 2.37. The number of benzene rings is 1. The highest BCUT2D eigenvalue weighted by atomic mass is 19.4. The van der Waals surface area contributed by atoms with E-state index in [-0.39, 0.29) is 43.4 Å². The fraction of sp³-hybridized carbons (Fsp3) is 0.417. The molecule has 0 fully saturated rings. The Morgan fingerprint density at radius 2 is 1.92 bits per heavy atom. The molecule has 0 amide bonds. The number of ether oxygens (including phenoxy) is 3. The Bertz CT molecular complexity index is 1370. The van der Waals surface area contributed by atoms with Crippen molar-refractivity contribution in [3.63, 3.8) is 0 Å². The van der Waals surface area contributed by atoms with Crippen molar-refractivity contribution in [2.75, 3.05) is 44.1 Å². The average molecular weight is 540 g/mol. The molecule has 206 valence electrons. The van der Waals surface area contributed by atoms with Crippen LogP contribution in [0.1, 0.15) is 6.42 Å². The number of nitrogens with zero attached hydrogens (tertiary/aromatic N) is 4. The van der Waals surface area contributed by atoms with E-state index < -0.39 is 29.7 Å². The minimum atomic E-state index is -4.88. The van der Waals surface area contributed by atoms with E-state index in [1.807, 2.05) is 18.0 Å². The molecule has 14 heteroatoms. The van der Waals surface area contributed by atoms with E-state index in [1.165, 1.54) is 30.9 Å². The van der Waals surface area contributed by atoms with Crippen LogP contribution in [0.2, 0.25) is 0 Å². The first-order chi connectivity index (χ1) is 18.0. The van der Waals surface area contributed by atoms with E-state index in [2.05, 4.69) is 10.1 Å². The van der Waals surface area contributed by atoms with Gasteiger partial charge in [0.15, 0.2) is 5.88 Å². The second kappa shape index (κ2) is 10.7. The molecule has 2 N–H and O–H groups in total. The molecule has 0 saturated carbocycles. The number of anilines is 2. The van der Waals surface area contributed by atoms with Gasteiger partial charge in [-0.1, -0.05) is 12.1 Å². The maximum Gasteiger partial charge on any atom is 0.573 e. The molecule has 0 spiro atoms. The van der Waals surface area contributed by atoms with Crippen molar-refractivity contribution in [3.8, 4) is 11.5 Å². The topological polar surface area (TPSA) is 110 Å². The number of hydrogen-bond donors (Lipinski definition) is 2. The number of aliphatic hydroxyl groups is 1. The first-order valence-corrected chi connectivity index (χ1v) is 11.7. The van der Waals surface area contributed by atoms with Crippen molar-refractivity contribution in [2.45, 2.75) is 25.7 Å². The summed E-state index contributed by atoms with van der Waals surface area (Å²) in [6.07, 6.45) is -2.01. The molecule has 2 aliphatic rings. The number of hydrogen-bond acceptors (Lipinski definition) is 9. The Morgan fingerprint density at radius 1 is 1.18 bits per heavy atom. The molecule has 1 atom stereocenters. The molecule has 11 nitrogen and oxygen atoms in total. The number of fused-ring (bicyclic) bond motifs is 1. The normalized spacial score (nSPS) is 17.0. The summed E-state index contributed by atoms with van der Waals surface area (Å²) in [7, 11) is 4.88. The lowest BCUT2D eigenvalue weighted by atomic mass is 10.1. The molecule has 1 aromatic heterocycles. The average Bonchev–Trinajstić information content (AvgIpc) is 3.20. The second-order valence-corrected chi connectivity index (χ2v) is 8.68. The van der Waals surface area contributed by atoms with Crippen molar-refractivity contribution in [1.82, 2.24) is 14.0 Å². The Hall–Kier alpha value is -4.07. The zero-order valence-corrected chi connectivity index (χ0v) is 21.0. The highest BCUT2D eigenvalue weighted by molar-refractivity contribution is 5.72. The van der Waals surface area contributed by atoms with Gasteiger partial charge in [-0.05, 0) is 24.1 Å². The highest BCUT2D eigenvalue weighted by Crippen LogP contribution is 2.34. The molecular weight excluding hydrogens is 511 g/mol. The summed E-state index contributed by atoms with van der Waals surface area (Å²) in [5, 5.41) is 12.2. The number of methoxy groups -OCH3 is 1. The van der Waals surface area contributed by atoms with Gasteiger partial charge in [0.05, 0.1) is 7.11 Å². The first-order valence-electron chi connectivity index (χ1n) is 11.7. The molecule has 38 heavy (non-hydrogen) atoms. The van der Waals surface area contributed by atoms with E-state index in [1.54, 1.807) is 11.0 Å². The van der Waals surface area contributed by atoms with Crippen LogP contribution in [0.5, 0.6) is 11.5 Å². The lowest BCUT2D eigenvalue weighted by molar-refractivity contribution is -0.274. The van der Waals surface area contributed by atoms with Gasteiger partial charge in [-0.2, -0.15) is 0 Å². The van der Waals surface area contributed by atoms with E-state index >= 15 is 0 Å². The number of likely N-dealkylation sites (N-methyl/N-ethyl adjacent to an activating group) is 1. The van der Waals surface area contributed by atoms with Crippen molar-refractivity contribution in [1.29, 1.82) is 0 Å². The van der Waals surface area contributed by atoms with Gasteiger partial charge in [-0.25, -0.2) is 4.79 Å². The number of rotatable bonds is 9. The molecule has 2 aromatic rings. The third kappa shape index (κ3) is 5.59.